The van der Waals surface area contributed by atoms with Gasteiger partial charge in [-0.25, -0.2) is 0 Å². The number of allylic oxidation sites excluding steroid dienone is 4. The first-order chi connectivity index (χ1) is 11.2. The van der Waals surface area contributed by atoms with Crippen LogP contribution in [0.1, 0.15) is 65.7 Å². The van der Waals surface area contributed by atoms with E-state index in [9.17, 15) is 3.50 Å². The Kier molecular flexibility index (Phi) is 10.7. The number of hydrogen-bond acceptors (Lipinski definition) is 3. The van der Waals surface area contributed by atoms with Crippen LogP contribution in [0.2, 0.25) is 0 Å². The number of rotatable bonds is 14. The molecule has 0 saturated carbocycles. The van der Waals surface area contributed by atoms with Crippen molar-refractivity contribution in [2.24, 2.45) is 0 Å². The molecule has 0 fully saturated rings. The first kappa shape index (κ1) is 21.8. The summed E-state index contributed by atoms with van der Waals surface area (Å²) in [5, 5.41) is 0. The Hall–Kier alpha value is 0.716. The van der Waals surface area contributed by atoms with Gasteiger partial charge in [0.1, 0.15) is 0 Å². The minimum absolute atomic E-state index is 0.562. The Bertz CT molecular complexity index is 372. The van der Waals surface area contributed by atoms with E-state index in [-0.39, 0.29) is 0 Å². The number of hydrogen-bond donors (Lipinski definition) is 0. The molecule has 0 heterocycles. The van der Waals surface area contributed by atoms with Crippen LogP contribution in [0, 0.1) is 0 Å². The van der Waals surface area contributed by atoms with Crippen LogP contribution in [0.4, 0.5) is 3.50 Å². The zero-order chi connectivity index (χ0) is 17.0. The van der Waals surface area contributed by atoms with Gasteiger partial charge in [-0.3, -0.25) is 0 Å². The van der Waals surface area contributed by atoms with E-state index in [1.165, 1.54) is 0 Å². The molecule has 0 radical (unpaired) electrons. The third-order valence-electron chi connectivity index (χ3n) is 4.30. The van der Waals surface area contributed by atoms with Crippen molar-refractivity contribution in [3.8, 4) is 0 Å². The number of halogens is 1. The summed E-state index contributed by atoms with van der Waals surface area (Å²) in [4.78, 5) is 0. The predicted octanol–water partition coefficient (Wildman–Crippen LogP) is 4.68. The van der Waals surface area contributed by atoms with Gasteiger partial charge in [0.2, 0.25) is 0 Å². The average Bonchev–Trinajstić information content (AvgIpc) is 3.11. The van der Waals surface area contributed by atoms with Gasteiger partial charge in [-0.15, -0.1) is 0 Å². The van der Waals surface area contributed by atoms with E-state index in [0.717, 1.165) is 48.2 Å². The minimum atomic E-state index is -4.76. The Labute approximate surface area is 148 Å². The molecular weight excluding hydrogens is 435 g/mol. The summed E-state index contributed by atoms with van der Waals surface area (Å²) in [6, 6.07) is 0. The van der Waals surface area contributed by atoms with Crippen molar-refractivity contribution in [1.82, 2.24) is 0 Å². The van der Waals surface area contributed by atoms with Crippen LogP contribution in [0.25, 0.3) is 0 Å². The standard InChI is InChI=1S/C5H5.3C4H9O.FGeH2.Zr/c1-2-4-5-3-1;3*1-2-3-4-5;1-2;/h1-3H,4H2;3*2-4H2,1H3;2H2;/q;3*-1;;+3. The van der Waals surface area contributed by atoms with Crippen LogP contribution >= 0.6 is 0 Å². The molecule has 135 valence electrons. The fourth-order valence-corrected chi connectivity index (χ4v) is 25.7. The van der Waals surface area contributed by atoms with Gasteiger partial charge in [0, 0.05) is 0 Å². The first-order valence-corrected chi connectivity index (χ1v) is 25.1. The zero-order valence-corrected chi connectivity index (χ0v) is 20.5. The zero-order valence-electron chi connectivity index (χ0n) is 15.1. The molecule has 6 heteroatoms. The summed E-state index contributed by atoms with van der Waals surface area (Å²) in [5.41, 5.74) is 0. The van der Waals surface area contributed by atoms with Gasteiger partial charge >= 0.3 is 149 Å². The molecular formula is C17H34FGeO3Zr. The van der Waals surface area contributed by atoms with E-state index in [1.807, 2.05) is 12.2 Å². The van der Waals surface area contributed by atoms with Gasteiger partial charge in [-0.05, 0) is 0 Å². The summed E-state index contributed by atoms with van der Waals surface area (Å²) in [6.45, 7) is 8.05. The summed E-state index contributed by atoms with van der Waals surface area (Å²) in [5.74, 6) is 0. The SMILES string of the molecule is CCCC[O][Zr]([O]CCCC)([O]CCCC)([GeH2][F])[C]1=CC=CC1. The summed E-state index contributed by atoms with van der Waals surface area (Å²) >= 11 is -7.33. The summed E-state index contributed by atoms with van der Waals surface area (Å²) in [6.07, 6.45) is 12.7. The summed E-state index contributed by atoms with van der Waals surface area (Å²) < 4.78 is 34.8. The van der Waals surface area contributed by atoms with Gasteiger partial charge in [-0.2, -0.15) is 0 Å². The maximum absolute atomic E-state index is 14.7. The van der Waals surface area contributed by atoms with Gasteiger partial charge in [0.15, 0.2) is 0 Å². The van der Waals surface area contributed by atoms with Crippen LogP contribution in [0.5, 0.6) is 0 Å². The monoisotopic (exact) mass is 469 g/mol. The van der Waals surface area contributed by atoms with Gasteiger partial charge in [-0.1, -0.05) is 0 Å². The molecule has 0 atom stereocenters. The Morgan fingerprint density at radius 1 is 0.957 bits per heavy atom. The van der Waals surface area contributed by atoms with E-state index >= 15 is 0 Å². The molecule has 0 aliphatic heterocycles. The molecule has 0 spiro atoms. The van der Waals surface area contributed by atoms with Crippen LogP contribution in [-0.4, -0.2) is 31.9 Å². The predicted molar refractivity (Wildman–Crippen MR) is 94.1 cm³/mol. The second-order valence-electron chi connectivity index (χ2n) is 6.23. The molecule has 0 unspecified atom stereocenters. The number of unbranched alkanes of at least 4 members (excludes halogenated alkanes) is 3. The Balaban J connectivity index is 3.06. The van der Waals surface area contributed by atoms with Crippen molar-refractivity contribution < 1.29 is 29.5 Å². The molecule has 1 aliphatic carbocycles. The fraction of sp³-hybridized carbons (Fsp3) is 0.765. The topological polar surface area (TPSA) is 27.7 Å². The molecule has 0 aromatic rings. The molecule has 0 amide bonds. The summed E-state index contributed by atoms with van der Waals surface area (Å²) in [7, 11) is 0. The van der Waals surface area contributed by atoms with Crippen molar-refractivity contribution in [3.05, 3.63) is 21.5 Å². The van der Waals surface area contributed by atoms with Crippen molar-refractivity contribution in [2.45, 2.75) is 65.7 Å². The van der Waals surface area contributed by atoms with Crippen molar-refractivity contribution in [2.75, 3.05) is 19.8 Å². The second kappa shape index (κ2) is 11.4. The van der Waals surface area contributed by atoms with Crippen LogP contribution in [-0.2, 0) is 26.0 Å². The van der Waals surface area contributed by atoms with Crippen LogP contribution in [0.3, 0.4) is 0 Å². The van der Waals surface area contributed by atoms with E-state index in [0.29, 0.717) is 19.8 Å². The van der Waals surface area contributed by atoms with E-state index < -0.39 is 29.7 Å². The van der Waals surface area contributed by atoms with Crippen LogP contribution in [0.15, 0.2) is 21.5 Å². The maximum atomic E-state index is 14.7. The van der Waals surface area contributed by atoms with E-state index in [1.54, 1.807) is 0 Å². The molecule has 1 aliphatic rings. The second-order valence-corrected chi connectivity index (χ2v) is 34.8. The van der Waals surface area contributed by atoms with Crippen LogP contribution < -0.4 is 0 Å². The van der Waals surface area contributed by atoms with Gasteiger partial charge in [0.05, 0.1) is 0 Å². The molecule has 0 bridgehead atoms. The quantitative estimate of drug-likeness (QED) is 0.273. The third-order valence-corrected chi connectivity index (χ3v) is 34.2. The normalized spacial score (nSPS) is 16.9. The first-order valence-electron chi connectivity index (χ1n) is 9.19. The van der Waals surface area contributed by atoms with E-state index in [2.05, 4.69) is 26.8 Å². The van der Waals surface area contributed by atoms with Crippen molar-refractivity contribution in [3.63, 3.8) is 0 Å². The molecule has 3 nitrogen and oxygen atoms in total. The van der Waals surface area contributed by atoms with Gasteiger partial charge in [0.25, 0.3) is 0 Å². The molecule has 23 heavy (non-hydrogen) atoms. The molecule has 0 N–H and O–H groups in total. The molecule has 1 rings (SSSR count). The Morgan fingerprint density at radius 2 is 1.43 bits per heavy atom. The van der Waals surface area contributed by atoms with Crippen molar-refractivity contribution in [1.29, 1.82) is 0 Å². The van der Waals surface area contributed by atoms with Gasteiger partial charge < -0.3 is 0 Å². The third kappa shape index (κ3) is 5.88. The molecule has 0 aromatic carbocycles. The van der Waals surface area contributed by atoms with Crippen molar-refractivity contribution >= 4 is 12.1 Å². The molecule has 0 aromatic heterocycles. The fourth-order valence-electron chi connectivity index (χ4n) is 2.68. The average molecular weight is 469 g/mol. The Morgan fingerprint density at radius 3 is 1.74 bits per heavy atom. The molecule has 0 saturated heterocycles. The van der Waals surface area contributed by atoms with E-state index in [4.69, 9.17) is 8.44 Å².